The van der Waals surface area contributed by atoms with Crippen LogP contribution in [0, 0.1) is 11.3 Å². The van der Waals surface area contributed by atoms with Crippen molar-refractivity contribution in [2.45, 2.75) is 75.5 Å². The number of halogens is 3. The summed E-state index contributed by atoms with van der Waals surface area (Å²) in [5.74, 6) is -1.54. The Morgan fingerprint density at radius 2 is 1.52 bits per heavy atom. The second-order valence-corrected chi connectivity index (χ2v) is 14.1. The number of aliphatic carboxylic acids is 1. The van der Waals surface area contributed by atoms with Crippen molar-refractivity contribution in [3.8, 4) is 0 Å². The summed E-state index contributed by atoms with van der Waals surface area (Å²) in [6.45, 7) is 4.39. The van der Waals surface area contributed by atoms with Crippen molar-refractivity contribution < 1.29 is 41.1 Å². The van der Waals surface area contributed by atoms with Gasteiger partial charge in [-0.15, -0.1) is 0 Å². The summed E-state index contributed by atoms with van der Waals surface area (Å²) in [6.07, 6.45) is -2.98. The fraction of sp³-hybridized carbons (Fsp3) is 0.516. The largest absolute Gasteiger partial charge is 0.481 e. The maximum Gasteiger partial charge on any atom is 0.416 e. The smallest absolute Gasteiger partial charge is 0.416 e. The Labute approximate surface area is 255 Å². The SMILES string of the molecule is CC(C)(CC(=O)O)CC(=O)N1CCN(C(=O)[C@H]2CC[C@H](NS(=O)(=O)c3ccc(C(F)(F)F)cc3)CC2)[C@@H](c2ccccc2)C1. The minimum atomic E-state index is -4.57. The number of alkyl halides is 3. The van der Waals surface area contributed by atoms with Crippen molar-refractivity contribution in [1.29, 1.82) is 0 Å². The molecule has 1 aliphatic carbocycles. The van der Waals surface area contributed by atoms with Crippen molar-refractivity contribution in [1.82, 2.24) is 14.5 Å². The van der Waals surface area contributed by atoms with Crippen molar-refractivity contribution in [2.24, 2.45) is 11.3 Å². The molecule has 240 valence electrons. The van der Waals surface area contributed by atoms with Gasteiger partial charge in [-0.25, -0.2) is 13.1 Å². The Morgan fingerprint density at radius 3 is 2.09 bits per heavy atom. The van der Waals surface area contributed by atoms with Gasteiger partial charge >= 0.3 is 12.1 Å². The predicted molar refractivity (Wildman–Crippen MR) is 156 cm³/mol. The summed E-state index contributed by atoms with van der Waals surface area (Å²) in [5.41, 5.74) is -0.775. The van der Waals surface area contributed by atoms with Crippen LogP contribution in [0.25, 0.3) is 0 Å². The van der Waals surface area contributed by atoms with Gasteiger partial charge in [0.15, 0.2) is 0 Å². The van der Waals surface area contributed by atoms with Crippen molar-refractivity contribution >= 4 is 27.8 Å². The molecular formula is C31H38F3N3O6S. The van der Waals surface area contributed by atoms with Gasteiger partial charge in [-0.1, -0.05) is 44.2 Å². The second kappa shape index (κ2) is 13.3. The van der Waals surface area contributed by atoms with E-state index in [1.165, 1.54) is 0 Å². The molecule has 0 aromatic heterocycles. The molecule has 2 aliphatic rings. The molecule has 4 rings (SSSR count). The van der Waals surface area contributed by atoms with Gasteiger partial charge in [0.25, 0.3) is 0 Å². The molecule has 2 N–H and O–H groups in total. The number of carbonyl (C=O) groups excluding carboxylic acids is 2. The van der Waals surface area contributed by atoms with Crippen molar-refractivity contribution in [3.63, 3.8) is 0 Å². The zero-order chi connectivity index (χ0) is 32.3. The molecule has 0 bridgehead atoms. The van der Waals surface area contributed by atoms with Crippen LogP contribution in [-0.4, -0.2) is 66.8 Å². The number of carboxylic acids is 1. The third kappa shape index (κ3) is 8.38. The number of amides is 2. The normalized spacial score (nSPS) is 21.6. The van der Waals surface area contributed by atoms with E-state index in [0.717, 1.165) is 29.8 Å². The molecule has 0 radical (unpaired) electrons. The Hall–Kier alpha value is -3.45. The Morgan fingerprint density at radius 1 is 0.909 bits per heavy atom. The Bertz CT molecular complexity index is 1440. The van der Waals surface area contributed by atoms with Gasteiger partial charge in [0, 0.05) is 38.0 Å². The minimum absolute atomic E-state index is 0.0683. The van der Waals surface area contributed by atoms with Crippen LogP contribution < -0.4 is 4.72 Å². The molecule has 2 fully saturated rings. The van der Waals surface area contributed by atoms with Gasteiger partial charge in [0.05, 0.1) is 22.9 Å². The Kier molecular flexibility index (Phi) is 10.1. The number of piperazine rings is 1. The lowest BCUT2D eigenvalue weighted by molar-refractivity contribution is -0.148. The van der Waals surface area contributed by atoms with Crippen molar-refractivity contribution in [2.75, 3.05) is 19.6 Å². The van der Waals surface area contributed by atoms with E-state index in [4.69, 9.17) is 0 Å². The van der Waals surface area contributed by atoms with E-state index in [2.05, 4.69) is 4.72 Å². The van der Waals surface area contributed by atoms with E-state index in [0.29, 0.717) is 38.8 Å². The fourth-order valence-corrected chi connectivity index (χ4v) is 7.34. The number of nitrogens with zero attached hydrogens (tertiary/aromatic N) is 2. The highest BCUT2D eigenvalue weighted by molar-refractivity contribution is 7.89. The lowest BCUT2D eigenvalue weighted by atomic mass is 9.84. The van der Waals surface area contributed by atoms with Gasteiger partial charge in [0.2, 0.25) is 21.8 Å². The summed E-state index contributed by atoms with van der Waals surface area (Å²) in [5, 5.41) is 9.20. The number of nitrogens with one attached hydrogen (secondary N) is 1. The van der Waals surface area contributed by atoms with Crippen LogP contribution in [-0.2, 0) is 30.6 Å². The molecular weight excluding hydrogens is 599 g/mol. The van der Waals surface area contributed by atoms with Gasteiger partial charge in [-0.2, -0.15) is 13.2 Å². The molecule has 2 aromatic carbocycles. The maximum absolute atomic E-state index is 13.8. The van der Waals surface area contributed by atoms with E-state index >= 15 is 0 Å². The number of carbonyl (C=O) groups is 3. The molecule has 1 heterocycles. The predicted octanol–water partition coefficient (Wildman–Crippen LogP) is 4.85. The molecule has 1 aliphatic heterocycles. The Balaban J connectivity index is 1.39. The van der Waals surface area contributed by atoms with Crippen LogP contribution >= 0.6 is 0 Å². The highest BCUT2D eigenvalue weighted by Crippen LogP contribution is 2.34. The van der Waals surface area contributed by atoms with E-state index < -0.39 is 39.2 Å². The quantitative estimate of drug-likeness (QED) is 0.406. The summed E-state index contributed by atoms with van der Waals surface area (Å²) in [6, 6.07) is 11.9. The monoisotopic (exact) mass is 637 g/mol. The fourth-order valence-electron chi connectivity index (χ4n) is 6.03. The number of rotatable bonds is 9. The van der Waals surface area contributed by atoms with Crippen molar-refractivity contribution in [3.05, 3.63) is 65.7 Å². The topological polar surface area (TPSA) is 124 Å². The average molecular weight is 638 g/mol. The molecule has 1 atom stereocenters. The highest BCUT2D eigenvalue weighted by Gasteiger charge is 2.39. The molecule has 1 saturated carbocycles. The van der Waals surface area contributed by atoms with Crippen LogP contribution in [0.3, 0.4) is 0 Å². The first-order valence-electron chi connectivity index (χ1n) is 14.6. The second-order valence-electron chi connectivity index (χ2n) is 12.4. The first kappa shape index (κ1) is 33.4. The molecule has 0 spiro atoms. The van der Waals surface area contributed by atoms with Gasteiger partial charge < -0.3 is 14.9 Å². The van der Waals surface area contributed by atoms with Crippen LogP contribution in [0.5, 0.6) is 0 Å². The third-order valence-corrected chi connectivity index (χ3v) is 9.89. The number of carboxylic acid groups (broad SMARTS) is 1. The molecule has 13 heteroatoms. The van der Waals surface area contributed by atoms with E-state index in [9.17, 15) is 41.1 Å². The highest BCUT2D eigenvalue weighted by atomic mass is 32.2. The zero-order valence-corrected chi connectivity index (χ0v) is 25.5. The lowest BCUT2D eigenvalue weighted by Gasteiger charge is -2.44. The lowest BCUT2D eigenvalue weighted by Crippen LogP contribution is -2.54. The molecule has 1 saturated heterocycles. The first-order chi connectivity index (χ1) is 20.6. The standard InChI is InChI=1S/C31H38F3N3O6S/c1-30(2,19-28(39)40)18-27(38)36-16-17-37(26(20-36)21-6-4-3-5-7-21)29(41)22-8-12-24(13-9-22)35-44(42,43)25-14-10-23(11-15-25)31(32,33)34/h3-7,10-11,14-15,22,24,26,35H,8-9,12-13,16-20H2,1-2H3,(H,39,40)/t22-,24-,26-/m1/s1. The molecule has 2 amide bonds. The third-order valence-electron chi connectivity index (χ3n) is 8.35. The zero-order valence-electron chi connectivity index (χ0n) is 24.7. The number of hydrogen-bond donors (Lipinski definition) is 2. The maximum atomic E-state index is 13.8. The van der Waals surface area contributed by atoms with Crippen LogP contribution in [0.15, 0.2) is 59.5 Å². The van der Waals surface area contributed by atoms with E-state index in [1.807, 2.05) is 30.3 Å². The van der Waals surface area contributed by atoms with Gasteiger partial charge in [-0.05, 0) is 60.9 Å². The van der Waals surface area contributed by atoms with Gasteiger partial charge in [0.1, 0.15) is 0 Å². The number of benzene rings is 2. The summed E-state index contributed by atoms with van der Waals surface area (Å²) in [7, 11) is -4.04. The summed E-state index contributed by atoms with van der Waals surface area (Å²) < 4.78 is 66.8. The minimum Gasteiger partial charge on any atom is -0.481 e. The number of sulfonamides is 1. The number of hydrogen-bond acceptors (Lipinski definition) is 5. The summed E-state index contributed by atoms with van der Waals surface area (Å²) in [4.78, 5) is 41.5. The first-order valence-corrected chi connectivity index (χ1v) is 16.1. The molecule has 44 heavy (non-hydrogen) atoms. The van der Waals surface area contributed by atoms with Crippen LogP contribution in [0.4, 0.5) is 13.2 Å². The van der Waals surface area contributed by atoms with Crippen LogP contribution in [0.1, 0.15) is 69.5 Å². The molecule has 2 aromatic rings. The molecule has 9 nitrogen and oxygen atoms in total. The van der Waals surface area contributed by atoms with E-state index in [1.54, 1.807) is 23.6 Å². The summed E-state index contributed by atoms with van der Waals surface area (Å²) >= 11 is 0. The average Bonchev–Trinajstić information content (AvgIpc) is 2.96. The van der Waals surface area contributed by atoms with E-state index in [-0.39, 0.29) is 48.1 Å². The van der Waals surface area contributed by atoms with Crippen LogP contribution in [0.2, 0.25) is 0 Å². The van der Waals surface area contributed by atoms with Gasteiger partial charge in [-0.3, -0.25) is 14.4 Å². The molecule has 0 unspecified atom stereocenters.